The lowest BCUT2D eigenvalue weighted by molar-refractivity contribution is -0.115. The number of aliphatic imine (C=N–C) groups is 2. The van der Waals surface area contributed by atoms with Gasteiger partial charge in [0, 0.05) is 12.1 Å². The van der Waals surface area contributed by atoms with Gasteiger partial charge in [-0.3, -0.25) is 9.69 Å². The van der Waals surface area contributed by atoms with Gasteiger partial charge in [0.15, 0.2) is 0 Å². The fraction of sp³-hybridized carbons (Fsp3) is 0.471. The Hall–Kier alpha value is -2.64. The third kappa shape index (κ3) is 3.29. The van der Waals surface area contributed by atoms with E-state index in [0.717, 1.165) is 32.1 Å². The van der Waals surface area contributed by atoms with Crippen molar-refractivity contribution in [3.63, 3.8) is 0 Å². The molecular formula is C17H23FN6O. The normalized spacial score (nSPS) is 19.4. The summed E-state index contributed by atoms with van der Waals surface area (Å²) in [6.07, 6.45) is 4.77. The fourth-order valence-corrected chi connectivity index (χ4v) is 3.48. The Labute approximate surface area is 146 Å². The van der Waals surface area contributed by atoms with Crippen LogP contribution in [0.25, 0.3) is 0 Å². The number of guanidine groups is 2. The van der Waals surface area contributed by atoms with Gasteiger partial charge in [-0.15, -0.1) is 0 Å². The standard InChI is InChI=1S/C17H23FN6O/c1-2-14(25)21-11-6-7-12(18)13(10-11)24-16(20)22-15(19)23-17(24)8-4-3-5-9-17/h6-7,10H,2-5,8-9H2,1H3,(H,21,25)(H4,19,20,22,23). The first-order valence-electron chi connectivity index (χ1n) is 8.54. The first-order chi connectivity index (χ1) is 11.9. The molecule has 3 rings (SSSR count). The van der Waals surface area contributed by atoms with Crippen LogP contribution in [0.15, 0.2) is 28.2 Å². The number of nitrogens with two attached hydrogens (primary N) is 2. The second-order valence-electron chi connectivity index (χ2n) is 6.39. The number of hydrogen-bond acceptors (Lipinski definition) is 6. The van der Waals surface area contributed by atoms with Crippen molar-refractivity contribution in [3.8, 4) is 0 Å². The molecule has 1 heterocycles. The lowest BCUT2D eigenvalue weighted by Gasteiger charge is -2.45. The van der Waals surface area contributed by atoms with Gasteiger partial charge in [-0.25, -0.2) is 9.38 Å². The van der Waals surface area contributed by atoms with E-state index >= 15 is 0 Å². The van der Waals surface area contributed by atoms with Crippen LogP contribution in [0.4, 0.5) is 15.8 Å². The molecule has 5 N–H and O–H groups in total. The third-order valence-corrected chi connectivity index (χ3v) is 4.64. The van der Waals surface area contributed by atoms with Crippen LogP contribution in [0.2, 0.25) is 0 Å². The van der Waals surface area contributed by atoms with Gasteiger partial charge in [0.2, 0.25) is 17.8 Å². The van der Waals surface area contributed by atoms with Crippen molar-refractivity contribution in [1.29, 1.82) is 0 Å². The second-order valence-corrected chi connectivity index (χ2v) is 6.39. The molecule has 7 nitrogen and oxygen atoms in total. The Bertz CT molecular complexity index is 739. The molecule has 1 spiro atoms. The first kappa shape index (κ1) is 17.2. The van der Waals surface area contributed by atoms with Crippen LogP contribution in [0.1, 0.15) is 45.4 Å². The van der Waals surface area contributed by atoms with Crippen molar-refractivity contribution >= 4 is 29.2 Å². The molecule has 8 heteroatoms. The highest BCUT2D eigenvalue weighted by Gasteiger charge is 2.43. The molecule has 0 unspecified atom stereocenters. The number of halogens is 1. The van der Waals surface area contributed by atoms with Crippen molar-refractivity contribution in [3.05, 3.63) is 24.0 Å². The number of anilines is 2. The zero-order valence-corrected chi connectivity index (χ0v) is 14.3. The van der Waals surface area contributed by atoms with Gasteiger partial charge in [-0.05, 0) is 43.9 Å². The molecule has 1 aliphatic carbocycles. The summed E-state index contributed by atoms with van der Waals surface area (Å²) in [6.45, 7) is 1.75. The maximum atomic E-state index is 14.6. The van der Waals surface area contributed by atoms with Gasteiger partial charge < -0.3 is 16.8 Å². The number of carbonyl (C=O) groups excluding carboxylic acids is 1. The number of carbonyl (C=O) groups is 1. The maximum absolute atomic E-state index is 14.6. The Morgan fingerprint density at radius 2 is 2.04 bits per heavy atom. The van der Waals surface area contributed by atoms with Crippen LogP contribution in [-0.4, -0.2) is 23.5 Å². The molecule has 0 radical (unpaired) electrons. The smallest absolute Gasteiger partial charge is 0.224 e. The Morgan fingerprint density at radius 3 is 2.72 bits per heavy atom. The van der Waals surface area contributed by atoms with E-state index in [0.29, 0.717) is 12.1 Å². The van der Waals surface area contributed by atoms with E-state index in [4.69, 9.17) is 11.5 Å². The molecule has 1 amide bonds. The van der Waals surface area contributed by atoms with Crippen molar-refractivity contribution in [2.75, 3.05) is 10.2 Å². The lowest BCUT2D eigenvalue weighted by Crippen LogP contribution is -2.58. The summed E-state index contributed by atoms with van der Waals surface area (Å²) in [6, 6.07) is 4.40. The number of amides is 1. The summed E-state index contributed by atoms with van der Waals surface area (Å²) in [5, 5.41) is 2.74. The van der Waals surface area contributed by atoms with Crippen LogP contribution < -0.4 is 21.7 Å². The molecule has 1 aromatic carbocycles. The molecule has 0 aromatic heterocycles. The van der Waals surface area contributed by atoms with Gasteiger partial charge in [0.1, 0.15) is 11.5 Å². The average molecular weight is 346 g/mol. The number of nitrogens with zero attached hydrogens (tertiary/aromatic N) is 3. The summed E-state index contributed by atoms with van der Waals surface area (Å²) >= 11 is 0. The molecule has 1 fully saturated rings. The predicted octanol–water partition coefficient (Wildman–Crippen LogP) is 2.28. The highest BCUT2D eigenvalue weighted by Crippen LogP contribution is 2.40. The van der Waals surface area contributed by atoms with E-state index < -0.39 is 11.5 Å². The van der Waals surface area contributed by atoms with Crippen molar-refractivity contribution in [2.24, 2.45) is 21.5 Å². The van der Waals surface area contributed by atoms with Gasteiger partial charge >= 0.3 is 0 Å². The summed E-state index contributed by atoms with van der Waals surface area (Å²) in [5.41, 5.74) is 12.0. The molecule has 1 aromatic rings. The lowest BCUT2D eigenvalue weighted by atomic mass is 9.87. The van der Waals surface area contributed by atoms with Gasteiger partial charge in [0.05, 0.1) is 5.69 Å². The van der Waals surface area contributed by atoms with Crippen molar-refractivity contribution in [2.45, 2.75) is 51.1 Å². The van der Waals surface area contributed by atoms with E-state index in [-0.39, 0.29) is 23.5 Å². The van der Waals surface area contributed by atoms with Crippen LogP contribution >= 0.6 is 0 Å². The average Bonchev–Trinajstić information content (AvgIpc) is 2.57. The molecule has 1 aliphatic heterocycles. The molecule has 25 heavy (non-hydrogen) atoms. The third-order valence-electron chi connectivity index (χ3n) is 4.64. The number of rotatable bonds is 3. The number of hydrogen-bond donors (Lipinski definition) is 3. The van der Waals surface area contributed by atoms with Gasteiger partial charge in [0.25, 0.3) is 0 Å². The predicted molar refractivity (Wildman–Crippen MR) is 96.9 cm³/mol. The molecule has 134 valence electrons. The first-order valence-corrected chi connectivity index (χ1v) is 8.54. The number of benzene rings is 1. The fourth-order valence-electron chi connectivity index (χ4n) is 3.48. The Balaban J connectivity index is 2.04. The number of nitrogens with one attached hydrogen (secondary N) is 1. The monoisotopic (exact) mass is 346 g/mol. The quantitative estimate of drug-likeness (QED) is 0.780. The summed E-state index contributed by atoms with van der Waals surface area (Å²) in [7, 11) is 0. The van der Waals surface area contributed by atoms with E-state index in [1.54, 1.807) is 17.9 Å². The molecule has 0 saturated heterocycles. The van der Waals surface area contributed by atoms with Crippen LogP contribution in [0.5, 0.6) is 0 Å². The highest BCUT2D eigenvalue weighted by atomic mass is 19.1. The molecule has 0 atom stereocenters. The highest BCUT2D eigenvalue weighted by molar-refractivity contribution is 6.06. The molecule has 2 aliphatic rings. The molecule has 0 bridgehead atoms. The molecular weight excluding hydrogens is 323 g/mol. The second kappa shape index (κ2) is 6.70. The Morgan fingerprint density at radius 1 is 1.32 bits per heavy atom. The zero-order valence-electron chi connectivity index (χ0n) is 14.3. The summed E-state index contributed by atoms with van der Waals surface area (Å²) < 4.78 is 14.6. The zero-order chi connectivity index (χ0) is 18.0. The van der Waals surface area contributed by atoms with Crippen molar-refractivity contribution < 1.29 is 9.18 Å². The Kier molecular flexibility index (Phi) is 4.61. The van der Waals surface area contributed by atoms with Gasteiger partial charge in [-0.1, -0.05) is 13.3 Å². The van der Waals surface area contributed by atoms with Crippen LogP contribution in [0.3, 0.4) is 0 Å². The van der Waals surface area contributed by atoms with E-state index in [1.807, 2.05) is 0 Å². The minimum atomic E-state index is -0.720. The summed E-state index contributed by atoms with van der Waals surface area (Å²) in [4.78, 5) is 21.8. The van der Waals surface area contributed by atoms with E-state index in [9.17, 15) is 9.18 Å². The largest absolute Gasteiger partial charge is 0.369 e. The van der Waals surface area contributed by atoms with Crippen LogP contribution in [-0.2, 0) is 4.79 Å². The topological polar surface area (TPSA) is 109 Å². The maximum Gasteiger partial charge on any atom is 0.224 e. The summed E-state index contributed by atoms with van der Waals surface area (Å²) in [5.74, 6) is -0.362. The minimum absolute atomic E-state index is 0.117. The van der Waals surface area contributed by atoms with Crippen molar-refractivity contribution in [1.82, 2.24) is 0 Å². The molecule has 1 saturated carbocycles. The van der Waals surface area contributed by atoms with E-state index in [2.05, 4.69) is 15.3 Å². The van der Waals surface area contributed by atoms with Gasteiger partial charge in [-0.2, -0.15) is 4.99 Å². The SMILES string of the molecule is CCC(=O)Nc1ccc(F)c(N2C(N)=NC(N)=NC23CCCCC3)c1. The van der Waals surface area contributed by atoms with E-state index in [1.165, 1.54) is 12.1 Å². The minimum Gasteiger partial charge on any atom is -0.369 e. The van der Waals surface area contributed by atoms with Crippen LogP contribution in [0, 0.1) is 5.82 Å².